The highest BCUT2D eigenvalue weighted by atomic mass is 35.5. The highest BCUT2D eigenvalue weighted by Gasteiger charge is 2.38. The minimum absolute atomic E-state index is 0.134. The van der Waals surface area contributed by atoms with Gasteiger partial charge in [-0.2, -0.15) is 9.57 Å². The summed E-state index contributed by atoms with van der Waals surface area (Å²) in [7, 11) is -3.81. The largest absolute Gasteiger partial charge is 0.301 e. The molecule has 31 heavy (non-hydrogen) atoms. The summed E-state index contributed by atoms with van der Waals surface area (Å²) in [5.41, 5.74) is 2.05. The van der Waals surface area contributed by atoms with Gasteiger partial charge in [-0.1, -0.05) is 30.2 Å². The van der Waals surface area contributed by atoms with Crippen LogP contribution >= 0.6 is 34.3 Å². The van der Waals surface area contributed by atoms with Crippen LogP contribution in [0.4, 0.5) is 5.13 Å². The Morgan fingerprint density at radius 2 is 2.00 bits per heavy atom. The molecule has 0 saturated carbocycles. The van der Waals surface area contributed by atoms with Gasteiger partial charge in [0.15, 0.2) is 5.13 Å². The minimum Gasteiger partial charge on any atom is -0.301 e. The maximum Gasteiger partial charge on any atom is 0.253 e. The third-order valence-corrected chi connectivity index (χ3v) is 9.28. The molecule has 3 aromatic rings. The molecule has 0 bridgehead atoms. The molecule has 1 atom stereocenters. The molecule has 1 N–H and O–H groups in total. The van der Waals surface area contributed by atoms with Crippen molar-refractivity contribution in [1.82, 2.24) is 9.29 Å². The van der Waals surface area contributed by atoms with E-state index in [-0.39, 0.29) is 10.8 Å². The Kier molecular flexibility index (Phi) is 6.41. The molecule has 1 aromatic carbocycles. The Balaban J connectivity index is 1.52. The zero-order chi connectivity index (χ0) is 22.0. The fraction of sp³-hybridized carbons (Fsp3) is 0.250. The number of sulfonamides is 1. The smallest absolute Gasteiger partial charge is 0.253 e. The van der Waals surface area contributed by atoms with E-state index >= 15 is 0 Å². The number of amides is 1. The Labute approximate surface area is 193 Å². The second-order valence-corrected chi connectivity index (χ2v) is 11.6. The predicted octanol–water partition coefficient (Wildman–Crippen LogP) is 4.58. The monoisotopic (exact) mass is 492 g/mol. The molecule has 11 heteroatoms. The number of piperidine rings is 1. The summed E-state index contributed by atoms with van der Waals surface area (Å²) >= 11 is 8.16. The zero-order valence-electron chi connectivity index (χ0n) is 16.1. The van der Waals surface area contributed by atoms with E-state index < -0.39 is 22.0 Å². The summed E-state index contributed by atoms with van der Waals surface area (Å²) < 4.78 is 27.9. The molecule has 1 saturated heterocycles. The lowest BCUT2D eigenvalue weighted by Gasteiger charge is -2.32. The van der Waals surface area contributed by atoms with Gasteiger partial charge in [0.1, 0.15) is 10.3 Å². The fourth-order valence-electron chi connectivity index (χ4n) is 3.37. The fourth-order valence-corrected chi connectivity index (χ4v) is 7.37. The number of nitriles is 1. The third-order valence-electron chi connectivity index (χ3n) is 4.91. The van der Waals surface area contributed by atoms with Gasteiger partial charge >= 0.3 is 0 Å². The van der Waals surface area contributed by atoms with Crippen LogP contribution in [-0.4, -0.2) is 36.2 Å². The van der Waals surface area contributed by atoms with Crippen molar-refractivity contribution in [3.63, 3.8) is 0 Å². The van der Waals surface area contributed by atoms with Crippen LogP contribution < -0.4 is 5.32 Å². The summed E-state index contributed by atoms with van der Waals surface area (Å²) in [5, 5.41) is 13.9. The van der Waals surface area contributed by atoms with Crippen LogP contribution in [0.2, 0.25) is 4.34 Å². The van der Waals surface area contributed by atoms with E-state index in [0.717, 1.165) is 23.3 Å². The van der Waals surface area contributed by atoms with E-state index in [9.17, 15) is 13.2 Å². The highest BCUT2D eigenvalue weighted by Crippen LogP contribution is 2.32. The molecule has 7 nitrogen and oxygen atoms in total. The SMILES string of the molecule is N#Cc1ccc(-c2csc(NC(=O)C3CCCCN3S(=O)(=O)c3ccc(Cl)s3)n2)cc1. The van der Waals surface area contributed by atoms with Crippen LogP contribution in [0.3, 0.4) is 0 Å². The first-order valence-corrected chi connectivity index (χ1v) is 12.9. The van der Waals surface area contributed by atoms with Gasteiger partial charge in [-0.15, -0.1) is 22.7 Å². The predicted molar refractivity (Wildman–Crippen MR) is 122 cm³/mol. The van der Waals surface area contributed by atoms with Crippen molar-refractivity contribution in [3.05, 3.63) is 51.7 Å². The number of hydrogen-bond acceptors (Lipinski definition) is 7. The van der Waals surface area contributed by atoms with Gasteiger partial charge in [0.05, 0.1) is 21.7 Å². The van der Waals surface area contributed by atoms with E-state index in [4.69, 9.17) is 16.9 Å². The second kappa shape index (κ2) is 9.06. The standard InChI is InChI=1S/C20H17ClN4O3S3/c21-17-8-9-18(30-17)31(27,28)25-10-2-1-3-16(25)19(26)24-20-23-15(12-29-20)14-6-4-13(11-22)5-7-14/h4-9,12,16H,1-3,10H2,(H,23,24,26). The van der Waals surface area contributed by atoms with Crippen LogP contribution in [-0.2, 0) is 14.8 Å². The molecule has 0 aliphatic carbocycles. The van der Waals surface area contributed by atoms with Crippen molar-refractivity contribution in [1.29, 1.82) is 5.26 Å². The Morgan fingerprint density at radius 1 is 1.23 bits per heavy atom. The first kappa shape index (κ1) is 21.9. The average molecular weight is 493 g/mol. The number of nitrogens with zero attached hydrogens (tertiary/aromatic N) is 3. The number of aromatic nitrogens is 1. The van der Waals surface area contributed by atoms with E-state index in [0.29, 0.717) is 33.6 Å². The molecular formula is C20H17ClN4O3S3. The van der Waals surface area contributed by atoms with E-state index in [1.807, 2.05) is 0 Å². The second-order valence-electron chi connectivity index (χ2n) is 6.90. The Bertz CT molecular complexity index is 1250. The van der Waals surface area contributed by atoms with Gasteiger partial charge in [-0.05, 0) is 37.1 Å². The zero-order valence-corrected chi connectivity index (χ0v) is 19.3. The quantitative estimate of drug-likeness (QED) is 0.561. The van der Waals surface area contributed by atoms with Crippen LogP contribution in [0, 0.1) is 11.3 Å². The summed E-state index contributed by atoms with van der Waals surface area (Å²) in [6.07, 6.45) is 1.91. The van der Waals surface area contributed by atoms with Crippen molar-refractivity contribution in [2.75, 3.05) is 11.9 Å². The maximum absolute atomic E-state index is 13.1. The number of halogens is 1. The number of thiophene rings is 1. The number of nitrogens with one attached hydrogen (secondary N) is 1. The normalized spacial score (nSPS) is 17.2. The summed E-state index contributed by atoms with van der Waals surface area (Å²) in [5.74, 6) is -0.397. The van der Waals surface area contributed by atoms with Crippen molar-refractivity contribution in [2.45, 2.75) is 29.5 Å². The third kappa shape index (κ3) is 4.66. The van der Waals surface area contributed by atoms with E-state index in [1.54, 1.807) is 35.7 Å². The molecule has 0 radical (unpaired) electrons. The summed E-state index contributed by atoms with van der Waals surface area (Å²) in [6.45, 7) is 0.282. The van der Waals surface area contributed by atoms with Crippen LogP contribution in [0.15, 0.2) is 46.0 Å². The molecular weight excluding hydrogens is 476 g/mol. The van der Waals surface area contributed by atoms with Gasteiger partial charge < -0.3 is 5.32 Å². The number of hydrogen-bond donors (Lipinski definition) is 1. The van der Waals surface area contributed by atoms with E-state index in [2.05, 4.69) is 16.4 Å². The van der Waals surface area contributed by atoms with Gasteiger partial charge in [0, 0.05) is 17.5 Å². The molecule has 1 aliphatic rings. The molecule has 4 rings (SSSR count). The number of benzene rings is 1. The number of rotatable bonds is 5. The topological polar surface area (TPSA) is 103 Å². The molecule has 2 aromatic heterocycles. The number of anilines is 1. The molecule has 160 valence electrons. The van der Waals surface area contributed by atoms with Crippen LogP contribution in [0.1, 0.15) is 24.8 Å². The molecule has 0 spiro atoms. The van der Waals surface area contributed by atoms with E-state index in [1.165, 1.54) is 21.7 Å². The summed E-state index contributed by atoms with van der Waals surface area (Å²) in [4.78, 5) is 17.4. The number of thiazole rings is 1. The van der Waals surface area contributed by atoms with Crippen LogP contribution in [0.5, 0.6) is 0 Å². The lowest BCUT2D eigenvalue weighted by Crippen LogP contribution is -2.49. The van der Waals surface area contributed by atoms with Crippen molar-refractivity contribution >= 4 is 55.3 Å². The van der Waals surface area contributed by atoms with Gasteiger partial charge in [0.25, 0.3) is 10.0 Å². The number of carbonyl (C=O) groups is 1. The lowest BCUT2D eigenvalue weighted by molar-refractivity contribution is -0.120. The summed E-state index contributed by atoms with van der Waals surface area (Å²) in [6, 6.07) is 11.3. The van der Waals surface area contributed by atoms with Crippen molar-refractivity contribution < 1.29 is 13.2 Å². The van der Waals surface area contributed by atoms with Crippen molar-refractivity contribution in [3.8, 4) is 17.3 Å². The maximum atomic E-state index is 13.1. The van der Waals surface area contributed by atoms with Gasteiger partial charge in [0.2, 0.25) is 5.91 Å². The number of carbonyl (C=O) groups excluding carboxylic acids is 1. The van der Waals surface area contributed by atoms with Gasteiger partial charge in [-0.3, -0.25) is 4.79 Å². The molecule has 1 unspecified atom stereocenters. The first-order chi connectivity index (χ1) is 14.9. The Morgan fingerprint density at radius 3 is 2.68 bits per heavy atom. The Hall–Kier alpha value is -2.29. The lowest BCUT2D eigenvalue weighted by atomic mass is 10.0. The highest BCUT2D eigenvalue weighted by molar-refractivity contribution is 7.91. The van der Waals surface area contributed by atoms with Gasteiger partial charge in [-0.25, -0.2) is 13.4 Å². The molecule has 1 aliphatic heterocycles. The average Bonchev–Trinajstić information content (AvgIpc) is 3.43. The molecule has 1 fully saturated rings. The molecule has 1 amide bonds. The minimum atomic E-state index is -3.81. The van der Waals surface area contributed by atoms with Crippen molar-refractivity contribution in [2.24, 2.45) is 0 Å². The first-order valence-electron chi connectivity index (χ1n) is 9.42. The van der Waals surface area contributed by atoms with Crippen LogP contribution in [0.25, 0.3) is 11.3 Å². The molecule has 3 heterocycles.